The summed E-state index contributed by atoms with van der Waals surface area (Å²) in [7, 11) is 0. The maximum atomic E-state index is 3.86. The lowest BCUT2D eigenvalue weighted by atomic mass is 9.95. The zero-order valence-corrected chi connectivity index (χ0v) is 12.5. The molecular formula is C15H29NS. The highest BCUT2D eigenvalue weighted by Gasteiger charge is 2.41. The van der Waals surface area contributed by atoms with Gasteiger partial charge in [-0.25, -0.2) is 0 Å². The lowest BCUT2D eigenvalue weighted by Gasteiger charge is -2.20. The molecule has 0 radical (unpaired) electrons. The smallest absolute Gasteiger partial charge is 0.0282 e. The average molecular weight is 255 g/mol. The van der Waals surface area contributed by atoms with E-state index in [0.717, 1.165) is 12.0 Å². The van der Waals surface area contributed by atoms with E-state index in [9.17, 15) is 0 Å². The first-order valence-corrected chi connectivity index (χ1v) is 8.79. The summed E-state index contributed by atoms with van der Waals surface area (Å²) in [5.41, 5.74) is 0. The lowest BCUT2D eigenvalue weighted by molar-refractivity contribution is 0.409. The molecule has 17 heavy (non-hydrogen) atoms. The molecule has 0 aromatic rings. The fraction of sp³-hybridized carbons (Fsp3) is 1.00. The maximum absolute atomic E-state index is 3.86. The molecule has 2 heteroatoms. The molecule has 2 aliphatic carbocycles. The minimum absolute atomic E-state index is 0.634. The summed E-state index contributed by atoms with van der Waals surface area (Å²) in [4.78, 5) is 0. The fourth-order valence-corrected chi connectivity index (χ4v) is 3.94. The van der Waals surface area contributed by atoms with Gasteiger partial charge in [-0.05, 0) is 44.3 Å². The first kappa shape index (κ1) is 13.7. The van der Waals surface area contributed by atoms with E-state index >= 15 is 0 Å². The second-order valence-electron chi connectivity index (χ2n) is 6.13. The van der Waals surface area contributed by atoms with Crippen molar-refractivity contribution in [2.45, 2.75) is 75.5 Å². The van der Waals surface area contributed by atoms with Crippen molar-refractivity contribution in [3.63, 3.8) is 0 Å². The van der Waals surface area contributed by atoms with Crippen LogP contribution in [0.1, 0.15) is 64.7 Å². The first-order valence-electron chi connectivity index (χ1n) is 7.56. The van der Waals surface area contributed by atoms with E-state index in [1.54, 1.807) is 0 Å². The Morgan fingerprint density at radius 3 is 2.65 bits per heavy atom. The molecule has 100 valence electrons. The highest BCUT2D eigenvalue weighted by atomic mass is 32.2. The van der Waals surface area contributed by atoms with Gasteiger partial charge in [0.15, 0.2) is 0 Å². The second kappa shape index (κ2) is 6.47. The van der Waals surface area contributed by atoms with Gasteiger partial charge in [0, 0.05) is 17.3 Å². The highest BCUT2D eigenvalue weighted by Crippen LogP contribution is 2.46. The van der Waals surface area contributed by atoms with Gasteiger partial charge >= 0.3 is 0 Å². The van der Waals surface area contributed by atoms with E-state index in [0.29, 0.717) is 4.75 Å². The molecule has 0 bridgehead atoms. The molecule has 2 rings (SSSR count). The first-order chi connectivity index (χ1) is 8.28. The summed E-state index contributed by atoms with van der Waals surface area (Å²) < 4.78 is 0.634. The van der Waals surface area contributed by atoms with Crippen LogP contribution in [0.15, 0.2) is 0 Å². The van der Waals surface area contributed by atoms with Gasteiger partial charge in [0.05, 0.1) is 0 Å². The molecule has 0 aromatic heterocycles. The standard InChI is InChI=1S/C15H29NS/c1-3-5-13-6-4-7-14(9-8-13)16-12-15(17-2)10-11-15/h13-14,16H,3-12H2,1-2H3. The topological polar surface area (TPSA) is 12.0 Å². The molecule has 1 nitrogen and oxygen atoms in total. The Morgan fingerprint density at radius 1 is 1.18 bits per heavy atom. The Labute approximate surface area is 112 Å². The quantitative estimate of drug-likeness (QED) is 0.713. The molecule has 0 amide bonds. The van der Waals surface area contributed by atoms with E-state index in [1.165, 1.54) is 64.3 Å². The van der Waals surface area contributed by atoms with Crippen molar-refractivity contribution < 1.29 is 0 Å². The van der Waals surface area contributed by atoms with Gasteiger partial charge in [0.25, 0.3) is 0 Å². The van der Waals surface area contributed by atoms with Crippen LogP contribution >= 0.6 is 11.8 Å². The Morgan fingerprint density at radius 2 is 2.00 bits per heavy atom. The number of rotatable bonds is 6. The number of hydrogen-bond acceptors (Lipinski definition) is 2. The Kier molecular flexibility index (Phi) is 5.23. The van der Waals surface area contributed by atoms with Crippen LogP contribution in [-0.2, 0) is 0 Å². The van der Waals surface area contributed by atoms with Crippen molar-refractivity contribution in [2.24, 2.45) is 5.92 Å². The molecule has 0 saturated heterocycles. The van der Waals surface area contributed by atoms with E-state index < -0.39 is 0 Å². The van der Waals surface area contributed by atoms with Crippen LogP contribution in [0.2, 0.25) is 0 Å². The zero-order valence-electron chi connectivity index (χ0n) is 11.6. The van der Waals surface area contributed by atoms with Crippen LogP contribution in [-0.4, -0.2) is 23.6 Å². The Bertz CT molecular complexity index is 225. The lowest BCUT2D eigenvalue weighted by Crippen LogP contribution is -2.35. The molecule has 2 unspecified atom stereocenters. The molecular weight excluding hydrogens is 226 g/mol. The third kappa shape index (κ3) is 4.17. The molecule has 2 aliphatic rings. The van der Waals surface area contributed by atoms with Crippen LogP contribution in [0.4, 0.5) is 0 Å². The summed E-state index contributed by atoms with van der Waals surface area (Å²) >= 11 is 2.08. The molecule has 2 atom stereocenters. The largest absolute Gasteiger partial charge is 0.313 e. The van der Waals surface area contributed by atoms with Crippen LogP contribution < -0.4 is 5.32 Å². The van der Waals surface area contributed by atoms with Crippen molar-refractivity contribution >= 4 is 11.8 Å². The average Bonchev–Trinajstić information content (AvgIpc) is 3.12. The predicted molar refractivity (Wildman–Crippen MR) is 78.8 cm³/mol. The Balaban J connectivity index is 1.68. The van der Waals surface area contributed by atoms with Gasteiger partial charge < -0.3 is 5.32 Å². The molecule has 0 heterocycles. The van der Waals surface area contributed by atoms with Crippen LogP contribution in [0.3, 0.4) is 0 Å². The van der Waals surface area contributed by atoms with Gasteiger partial charge in [-0.2, -0.15) is 11.8 Å². The second-order valence-corrected chi connectivity index (χ2v) is 7.40. The number of nitrogens with one attached hydrogen (secondary N) is 1. The van der Waals surface area contributed by atoms with E-state index in [2.05, 4.69) is 30.3 Å². The SMILES string of the molecule is CCCC1CCCC(NCC2(SC)CC2)CC1. The van der Waals surface area contributed by atoms with Crippen LogP contribution in [0, 0.1) is 5.92 Å². The van der Waals surface area contributed by atoms with Crippen LogP contribution in [0.25, 0.3) is 0 Å². The third-order valence-electron chi connectivity index (χ3n) is 4.74. The molecule has 0 aromatic carbocycles. The summed E-state index contributed by atoms with van der Waals surface area (Å²) in [5, 5.41) is 3.86. The minimum Gasteiger partial charge on any atom is -0.313 e. The summed E-state index contributed by atoms with van der Waals surface area (Å²) in [6.07, 6.45) is 15.2. The minimum atomic E-state index is 0.634. The van der Waals surface area contributed by atoms with Gasteiger partial charge in [-0.3, -0.25) is 0 Å². The van der Waals surface area contributed by atoms with Gasteiger partial charge in [0.1, 0.15) is 0 Å². The van der Waals surface area contributed by atoms with E-state index in [1.807, 2.05) is 0 Å². The molecule has 1 N–H and O–H groups in total. The van der Waals surface area contributed by atoms with Gasteiger partial charge in [-0.1, -0.05) is 32.6 Å². The van der Waals surface area contributed by atoms with Crippen molar-refractivity contribution in [3.8, 4) is 0 Å². The predicted octanol–water partition coefficient (Wildman–Crippen LogP) is 4.22. The maximum Gasteiger partial charge on any atom is 0.0282 e. The van der Waals surface area contributed by atoms with Crippen molar-refractivity contribution in [1.82, 2.24) is 5.32 Å². The summed E-state index contributed by atoms with van der Waals surface area (Å²) in [6, 6.07) is 0.821. The molecule has 2 saturated carbocycles. The summed E-state index contributed by atoms with van der Waals surface area (Å²) in [5.74, 6) is 1.03. The number of thioether (sulfide) groups is 1. The summed E-state index contributed by atoms with van der Waals surface area (Å²) in [6.45, 7) is 3.59. The van der Waals surface area contributed by atoms with Crippen LogP contribution in [0.5, 0.6) is 0 Å². The van der Waals surface area contributed by atoms with Gasteiger partial charge in [0.2, 0.25) is 0 Å². The van der Waals surface area contributed by atoms with Gasteiger partial charge in [-0.15, -0.1) is 0 Å². The van der Waals surface area contributed by atoms with Crippen molar-refractivity contribution in [1.29, 1.82) is 0 Å². The molecule has 2 fully saturated rings. The molecule has 0 spiro atoms. The monoisotopic (exact) mass is 255 g/mol. The highest BCUT2D eigenvalue weighted by molar-refractivity contribution is 8.00. The number of hydrogen-bond donors (Lipinski definition) is 1. The fourth-order valence-electron chi connectivity index (χ4n) is 3.20. The normalized spacial score (nSPS) is 32.1. The Hall–Kier alpha value is 0.310. The third-order valence-corrected chi connectivity index (χ3v) is 6.16. The van der Waals surface area contributed by atoms with E-state index in [4.69, 9.17) is 0 Å². The van der Waals surface area contributed by atoms with E-state index in [-0.39, 0.29) is 0 Å². The zero-order chi connectivity index (χ0) is 12.1. The molecule has 0 aliphatic heterocycles. The van der Waals surface area contributed by atoms with Crippen molar-refractivity contribution in [2.75, 3.05) is 12.8 Å². The van der Waals surface area contributed by atoms with Crippen molar-refractivity contribution in [3.05, 3.63) is 0 Å².